The highest BCUT2D eigenvalue weighted by atomic mass is 19.1. The minimum absolute atomic E-state index is 0.302. The first-order valence-corrected chi connectivity index (χ1v) is 7.15. The minimum atomic E-state index is -0.407. The summed E-state index contributed by atoms with van der Waals surface area (Å²) in [5.74, 6) is -0.715. The Bertz CT molecular complexity index is 834. The number of benzene rings is 2. The Morgan fingerprint density at radius 1 is 1.18 bits per heavy atom. The zero-order valence-electron chi connectivity index (χ0n) is 12.4. The average Bonchev–Trinajstić information content (AvgIpc) is 2.87. The molecule has 0 saturated heterocycles. The number of nitrogens with one attached hydrogen (secondary N) is 1. The smallest absolute Gasteiger partial charge is 0.355 e. The zero-order chi connectivity index (χ0) is 15.7. The van der Waals surface area contributed by atoms with Gasteiger partial charge >= 0.3 is 5.97 Å². The van der Waals surface area contributed by atoms with Crippen molar-refractivity contribution in [3.63, 3.8) is 0 Å². The molecule has 0 spiro atoms. The van der Waals surface area contributed by atoms with Gasteiger partial charge in [-0.05, 0) is 43.7 Å². The summed E-state index contributed by atoms with van der Waals surface area (Å²) in [5.41, 5.74) is 3.87. The molecule has 3 rings (SSSR count). The summed E-state index contributed by atoms with van der Waals surface area (Å²) in [6.45, 7) is 4.06. The lowest BCUT2D eigenvalue weighted by Gasteiger charge is -2.05. The lowest BCUT2D eigenvalue weighted by Crippen LogP contribution is -2.06. The SMILES string of the molecule is CCOC(=O)c1[nH]c2ccc(C)cc2c1-c1ccc(F)cc1. The van der Waals surface area contributed by atoms with E-state index in [-0.39, 0.29) is 5.82 Å². The summed E-state index contributed by atoms with van der Waals surface area (Å²) in [6, 6.07) is 12.0. The van der Waals surface area contributed by atoms with E-state index in [4.69, 9.17) is 4.74 Å². The van der Waals surface area contributed by atoms with Crippen LogP contribution >= 0.6 is 0 Å². The van der Waals surface area contributed by atoms with E-state index in [1.165, 1.54) is 12.1 Å². The average molecular weight is 297 g/mol. The van der Waals surface area contributed by atoms with Crippen molar-refractivity contribution in [2.45, 2.75) is 13.8 Å². The number of aryl methyl sites for hydroxylation is 1. The van der Waals surface area contributed by atoms with Gasteiger partial charge in [0.2, 0.25) is 0 Å². The van der Waals surface area contributed by atoms with Gasteiger partial charge in [-0.2, -0.15) is 0 Å². The van der Waals surface area contributed by atoms with Gasteiger partial charge in [-0.1, -0.05) is 23.8 Å². The fraction of sp³-hybridized carbons (Fsp3) is 0.167. The van der Waals surface area contributed by atoms with Gasteiger partial charge in [0, 0.05) is 16.5 Å². The molecule has 0 atom stereocenters. The van der Waals surface area contributed by atoms with Gasteiger partial charge in [0.15, 0.2) is 0 Å². The van der Waals surface area contributed by atoms with Gasteiger partial charge in [-0.3, -0.25) is 0 Å². The Morgan fingerprint density at radius 2 is 1.91 bits per heavy atom. The van der Waals surface area contributed by atoms with Crippen LogP contribution < -0.4 is 0 Å². The van der Waals surface area contributed by atoms with Gasteiger partial charge in [0.05, 0.1) is 6.61 Å². The number of H-pyrrole nitrogens is 1. The molecule has 0 aliphatic rings. The van der Waals surface area contributed by atoms with E-state index in [0.717, 1.165) is 27.6 Å². The van der Waals surface area contributed by atoms with E-state index in [1.54, 1.807) is 19.1 Å². The fourth-order valence-electron chi connectivity index (χ4n) is 2.58. The number of carbonyl (C=O) groups is 1. The third-order valence-electron chi connectivity index (χ3n) is 3.57. The second-order valence-corrected chi connectivity index (χ2v) is 5.15. The van der Waals surface area contributed by atoms with E-state index in [0.29, 0.717) is 12.3 Å². The van der Waals surface area contributed by atoms with Crippen molar-refractivity contribution in [1.29, 1.82) is 0 Å². The van der Waals surface area contributed by atoms with Crippen LogP contribution in [0.3, 0.4) is 0 Å². The summed E-state index contributed by atoms with van der Waals surface area (Å²) < 4.78 is 18.3. The molecule has 3 nitrogen and oxygen atoms in total. The third kappa shape index (κ3) is 2.48. The number of aromatic nitrogens is 1. The Labute approximate surface area is 127 Å². The molecular weight excluding hydrogens is 281 g/mol. The predicted molar refractivity (Wildman–Crippen MR) is 84.4 cm³/mol. The highest BCUT2D eigenvalue weighted by Crippen LogP contribution is 2.33. The zero-order valence-corrected chi connectivity index (χ0v) is 12.4. The predicted octanol–water partition coefficient (Wildman–Crippen LogP) is 4.46. The van der Waals surface area contributed by atoms with Crippen molar-refractivity contribution >= 4 is 16.9 Å². The molecule has 0 bridgehead atoms. The fourth-order valence-corrected chi connectivity index (χ4v) is 2.58. The highest BCUT2D eigenvalue weighted by molar-refractivity contribution is 6.08. The molecule has 0 unspecified atom stereocenters. The number of aromatic amines is 1. The second-order valence-electron chi connectivity index (χ2n) is 5.15. The van der Waals surface area contributed by atoms with E-state index in [2.05, 4.69) is 4.98 Å². The molecule has 1 aromatic heterocycles. The van der Waals surface area contributed by atoms with Gasteiger partial charge in [-0.25, -0.2) is 9.18 Å². The van der Waals surface area contributed by atoms with Crippen LogP contribution in [0.4, 0.5) is 4.39 Å². The molecule has 4 heteroatoms. The van der Waals surface area contributed by atoms with Crippen LogP contribution in [0, 0.1) is 12.7 Å². The highest BCUT2D eigenvalue weighted by Gasteiger charge is 2.20. The molecule has 22 heavy (non-hydrogen) atoms. The first-order valence-electron chi connectivity index (χ1n) is 7.15. The van der Waals surface area contributed by atoms with Gasteiger partial charge in [0.1, 0.15) is 11.5 Å². The topological polar surface area (TPSA) is 42.1 Å². The molecule has 2 aromatic carbocycles. The number of rotatable bonds is 3. The largest absolute Gasteiger partial charge is 0.461 e. The number of fused-ring (bicyclic) bond motifs is 1. The maximum Gasteiger partial charge on any atom is 0.355 e. The van der Waals surface area contributed by atoms with Crippen LogP contribution in [0.1, 0.15) is 23.0 Å². The molecule has 0 fully saturated rings. The molecule has 0 aliphatic heterocycles. The number of esters is 1. The monoisotopic (exact) mass is 297 g/mol. The van der Waals surface area contributed by atoms with Crippen LogP contribution in [0.25, 0.3) is 22.0 Å². The lowest BCUT2D eigenvalue weighted by atomic mass is 10.0. The minimum Gasteiger partial charge on any atom is -0.461 e. The molecule has 0 amide bonds. The van der Waals surface area contributed by atoms with Crippen molar-refractivity contribution in [3.8, 4) is 11.1 Å². The van der Waals surface area contributed by atoms with E-state index in [9.17, 15) is 9.18 Å². The van der Waals surface area contributed by atoms with Crippen molar-refractivity contribution < 1.29 is 13.9 Å². The van der Waals surface area contributed by atoms with E-state index < -0.39 is 5.97 Å². The molecular formula is C18H16FNO2. The Hall–Kier alpha value is -2.62. The van der Waals surface area contributed by atoms with Crippen LogP contribution in [0.5, 0.6) is 0 Å². The van der Waals surface area contributed by atoms with Crippen LogP contribution in [0.15, 0.2) is 42.5 Å². The first-order chi connectivity index (χ1) is 10.6. The number of halogens is 1. The normalized spacial score (nSPS) is 10.9. The number of hydrogen-bond donors (Lipinski definition) is 1. The van der Waals surface area contributed by atoms with Gasteiger partial charge in [-0.15, -0.1) is 0 Å². The van der Waals surface area contributed by atoms with E-state index >= 15 is 0 Å². The third-order valence-corrected chi connectivity index (χ3v) is 3.57. The van der Waals surface area contributed by atoms with Crippen LogP contribution in [-0.4, -0.2) is 17.6 Å². The molecule has 0 radical (unpaired) electrons. The van der Waals surface area contributed by atoms with Crippen molar-refractivity contribution in [2.24, 2.45) is 0 Å². The lowest BCUT2D eigenvalue weighted by molar-refractivity contribution is 0.0521. The Balaban J connectivity index is 2.27. The van der Waals surface area contributed by atoms with Crippen molar-refractivity contribution in [2.75, 3.05) is 6.61 Å². The number of carbonyl (C=O) groups excluding carboxylic acids is 1. The number of ether oxygens (including phenoxy) is 1. The van der Waals surface area contributed by atoms with Crippen molar-refractivity contribution in [3.05, 3.63) is 59.5 Å². The second kappa shape index (κ2) is 5.64. The van der Waals surface area contributed by atoms with Gasteiger partial charge in [0.25, 0.3) is 0 Å². The van der Waals surface area contributed by atoms with Gasteiger partial charge < -0.3 is 9.72 Å². The van der Waals surface area contributed by atoms with Crippen LogP contribution in [0.2, 0.25) is 0 Å². The summed E-state index contributed by atoms with van der Waals surface area (Å²) >= 11 is 0. The van der Waals surface area contributed by atoms with Crippen LogP contribution in [-0.2, 0) is 4.74 Å². The molecule has 0 aliphatic carbocycles. The maximum absolute atomic E-state index is 13.2. The maximum atomic E-state index is 13.2. The molecule has 1 heterocycles. The number of hydrogen-bond acceptors (Lipinski definition) is 2. The standard InChI is InChI=1S/C18H16FNO2/c1-3-22-18(21)17-16(12-5-7-13(19)8-6-12)14-10-11(2)4-9-15(14)20-17/h4-10,20H,3H2,1-2H3. The Morgan fingerprint density at radius 3 is 2.59 bits per heavy atom. The summed E-state index contributed by atoms with van der Waals surface area (Å²) in [4.78, 5) is 15.4. The van der Waals surface area contributed by atoms with E-state index in [1.807, 2.05) is 25.1 Å². The molecule has 3 aromatic rings. The summed E-state index contributed by atoms with van der Waals surface area (Å²) in [6.07, 6.45) is 0. The first kappa shape index (κ1) is 14.3. The molecule has 112 valence electrons. The molecule has 0 saturated carbocycles. The summed E-state index contributed by atoms with van der Waals surface area (Å²) in [7, 11) is 0. The molecule has 1 N–H and O–H groups in total. The quantitative estimate of drug-likeness (QED) is 0.725. The summed E-state index contributed by atoms with van der Waals surface area (Å²) in [5, 5.41) is 0.926. The van der Waals surface area contributed by atoms with Crippen molar-refractivity contribution in [1.82, 2.24) is 4.98 Å². The Kier molecular flexibility index (Phi) is 3.67.